The van der Waals surface area contributed by atoms with Crippen LogP contribution < -0.4 is 17.0 Å². The van der Waals surface area contributed by atoms with Gasteiger partial charge in [-0.05, 0) is 0 Å². The quantitative estimate of drug-likeness (QED) is 0.251. The maximum atomic E-state index is 12.1. The SMILES string of the molecule is N[C@@]1(n2cc(CC(=O)O)c(=O)[nH]c2=O)O[C@H](CO)[C@@H](O)[C@]1(O)CC(=O)O. The molecule has 144 valence electrons. The van der Waals surface area contributed by atoms with E-state index in [0.29, 0.717) is 10.8 Å². The van der Waals surface area contributed by atoms with E-state index in [1.165, 1.54) is 0 Å². The Morgan fingerprint density at radius 3 is 2.42 bits per heavy atom. The lowest BCUT2D eigenvalue weighted by atomic mass is 9.87. The molecule has 0 spiro atoms. The van der Waals surface area contributed by atoms with Crippen LogP contribution in [0.3, 0.4) is 0 Å². The first kappa shape index (κ1) is 19.7. The third-order valence-corrected chi connectivity index (χ3v) is 4.11. The summed E-state index contributed by atoms with van der Waals surface area (Å²) in [5.41, 5.74) is 0.398. The van der Waals surface area contributed by atoms with Crippen LogP contribution in [0.1, 0.15) is 12.0 Å². The lowest BCUT2D eigenvalue weighted by molar-refractivity contribution is -0.203. The fourth-order valence-electron chi connectivity index (χ4n) is 2.83. The summed E-state index contributed by atoms with van der Waals surface area (Å²) >= 11 is 0. The van der Waals surface area contributed by atoms with Gasteiger partial charge in [-0.1, -0.05) is 0 Å². The number of nitrogens with zero attached hydrogens (tertiary/aromatic N) is 1. The highest BCUT2D eigenvalue weighted by atomic mass is 16.6. The molecule has 1 aliphatic heterocycles. The van der Waals surface area contributed by atoms with Crippen molar-refractivity contribution in [3.05, 3.63) is 32.6 Å². The molecule has 1 fully saturated rings. The number of nitrogens with one attached hydrogen (secondary N) is 1. The first-order valence-electron chi connectivity index (χ1n) is 7.23. The molecule has 26 heavy (non-hydrogen) atoms. The van der Waals surface area contributed by atoms with Gasteiger partial charge in [0, 0.05) is 11.8 Å². The Morgan fingerprint density at radius 1 is 1.31 bits per heavy atom. The van der Waals surface area contributed by atoms with Gasteiger partial charge in [-0.3, -0.25) is 29.7 Å². The normalized spacial score (nSPS) is 31.1. The zero-order valence-corrected chi connectivity index (χ0v) is 13.2. The first-order chi connectivity index (χ1) is 12.0. The fraction of sp³-hybridized carbons (Fsp3) is 0.538. The maximum Gasteiger partial charge on any atom is 0.331 e. The molecule has 0 unspecified atom stereocenters. The highest BCUT2D eigenvalue weighted by molar-refractivity contribution is 5.70. The van der Waals surface area contributed by atoms with E-state index in [2.05, 4.69) is 0 Å². The molecule has 2 heterocycles. The van der Waals surface area contributed by atoms with Crippen molar-refractivity contribution in [1.29, 1.82) is 0 Å². The number of carbonyl (C=O) groups is 2. The van der Waals surface area contributed by atoms with E-state index in [-0.39, 0.29) is 0 Å². The molecular weight excluding hydrogens is 358 g/mol. The molecule has 0 amide bonds. The van der Waals surface area contributed by atoms with E-state index >= 15 is 0 Å². The first-order valence-corrected chi connectivity index (χ1v) is 7.23. The summed E-state index contributed by atoms with van der Waals surface area (Å²) in [5.74, 6) is -5.73. The third-order valence-electron chi connectivity index (χ3n) is 4.11. The molecule has 13 heteroatoms. The maximum absolute atomic E-state index is 12.1. The van der Waals surface area contributed by atoms with Crippen molar-refractivity contribution in [2.45, 2.75) is 36.5 Å². The number of aliphatic hydroxyl groups excluding tert-OH is 2. The summed E-state index contributed by atoms with van der Waals surface area (Å²) in [6, 6.07) is 0. The number of H-pyrrole nitrogens is 1. The largest absolute Gasteiger partial charge is 0.481 e. The third kappa shape index (κ3) is 3.02. The average molecular weight is 375 g/mol. The minimum Gasteiger partial charge on any atom is -0.481 e. The van der Waals surface area contributed by atoms with Crippen molar-refractivity contribution in [3.8, 4) is 0 Å². The van der Waals surface area contributed by atoms with Crippen LogP contribution in [-0.2, 0) is 26.6 Å². The predicted molar refractivity (Wildman–Crippen MR) is 80.0 cm³/mol. The standard InChI is InChI=1S/C13H17N3O10/c14-13(12(25,2-8(20)21)9(22)6(4-17)26-13)16-3-5(1-7(18)19)10(23)15-11(16)24/h3,6,9,17,22,25H,1-2,4,14H2,(H,18,19)(H,20,21)(H,15,23,24)/t6-,9-,12-,13+/m1/s1. The number of aliphatic hydroxyl groups is 3. The van der Waals surface area contributed by atoms with Crippen molar-refractivity contribution in [1.82, 2.24) is 9.55 Å². The monoisotopic (exact) mass is 375 g/mol. The van der Waals surface area contributed by atoms with Crippen LogP contribution in [0.2, 0.25) is 0 Å². The highest BCUT2D eigenvalue weighted by Crippen LogP contribution is 2.41. The van der Waals surface area contributed by atoms with Crippen LogP contribution in [0, 0.1) is 0 Å². The Labute approximate surface area is 143 Å². The molecule has 8 N–H and O–H groups in total. The van der Waals surface area contributed by atoms with Gasteiger partial charge >= 0.3 is 17.6 Å². The van der Waals surface area contributed by atoms with Crippen LogP contribution in [-0.4, -0.2) is 71.4 Å². The van der Waals surface area contributed by atoms with E-state index < -0.39 is 71.9 Å². The molecule has 1 aromatic rings. The fourth-order valence-corrected chi connectivity index (χ4v) is 2.83. The summed E-state index contributed by atoms with van der Waals surface area (Å²) in [5, 5.41) is 47.9. The van der Waals surface area contributed by atoms with E-state index in [9.17, 15) is 34.5 Å². The molecule has 0 aromatic carbocycles. The molecule has 0 aliphatic carbocycles. The smallest absolute Gasteiger partial charge is 0.331 e. The molecule has 2 rings (SSSR count). The van der Waals surface area contributed by atoms with Gasteiger partial charge in [0.05, 0.1) is 19.4 Å². The minimum atomic E-state index is -2.78. The minimum absolute atomic E-state index is 0.383. The molecule has 1 saturated heterocycles. The van der Waals surface area contributed by atoms with Crippen molar-refractivity contribution in [2.75, 3.05) is 6.61 Å². The van der Waals surface area contributed by atoms with Crippen molar-refractivity contribution in [2.24, 2.45) is 5.73 Å². The number of hydrogen-bond acceptors (Lipinski definition) is 9. The van der Waals surface area contributed by atoms with Gasteiger partial charge in [0.1, 0.15) is 12.2 Å². The molecular formula is C13H17N3O10. The second-order valence-corrected chi connectivity index (χ2v) is 5.83. The number of hydrogen-bond donors (Lipinski definition) is 7. The Bertz CT molecular complexity index is 847. The van der Waals surface area contributed by atoms with Crippen LogP contribution >= 0.6 is 0 Å². The Balaban J connectivity index is 2.70. The van der Waals surface area contributed by atoms with E-state index in [4.69, 9.17) is 20.7 Å². The number of ether oxygens (including phenoxy) is 1. The number of carboxylic acid groups (broad SMARTS) is 2. The van der Waals surface area contributed by atoms with E-state index in [0.717, 1.165) is 0 Å². The number of aromatic nitrogens is 2. The van der Waals surface area contributed by atoms with Crippen LogP contribution in [0.15, 0.2) is 15.8 Å². The lowest BCUT2D eigenvalue weighted by Crippen LogP contribution is -2.66. The topological polar surface area (TPSA) is 225 Å². The molecule has 1 aliphatic rings. The van der Waals surface area contributed by atoms with Crippen molar-refractivity contribution in [3.63, 3.8) is 0 Å². The molecule has 1 aromatic heterocycles. The van der Waals surface area contributed by atoms with Crippen LogP contribution in [0.5, 0.6) is 0 Å². The molecule has 4 atom stereocenters. The van der Waals surface area contributed by atoms with Crippen molar-refractivity contribution < 1.29 is 39.9 Å². The van der Waals surface area contributed by atoms with Gasteiger partial charge in [-0.15, -0.1) is 0 Å². The number of carboxylic acids is 2. The number of rotatable bonds is 6. The summed E-state index contributed by atoms with van der Waals surface area (Å²) in [6.45, 7) is -0.873. The van der Waals surface area contributed by atoms with Crippen molar-refractivity contribution >= 4 is 11.9 Å². The van der Waals surface area contributed by atoms with Gasteiger partial charge in [0.15, 0.2) is 5.60 Å². The highest BCUT2D eigenvalue weighted by Gasteiger charge is 2.66. The second-order valence-electron chi connectivity index (χ2n) is 5.83. The van der Waals surface area contributed by atoms with Gasteiger partial charge in [0.2, 0.25) is 5.85 Å². The zero-order valence-electron chi connectivity index (χ0n) is 13.2. The van der Waals surface area contributed by atoms with Gasteiger partial charge < -0.3 is 30.3 Å². The second kappa shape index (κ2) is 6.62. The van der Waals surface area contributed by atoms with Gasteiger partial charge in [0.25, 0.3) is 5.56 Å². The average Bonchev–Trinajstić information content (AvgIpc) is 2.70. The zero-order chi connectivity index (χ0) is 19.9. The summed E-state index contributed by atoms with van der Waals surface area (Å²) in [4.78, 5) is 47.6. The molecule has 13 nitrogen and oxygen atoms in total. The summed E-state index contributed by atoms with van der Waals surface area (Å²) < 4.78 is 5.53. The van der Waals surface area contributed by atoms with E-state index in [1.54, 1.807) is 4.98 Å². The van der Waals surface area contributed by atoms with Crippen LogP contribution in [0.25, 0.3) is 0 Å². The van der Waals surface area contributed by atoms with E-state index in [1.807, 2.05) is 0 Å². The Morgan fingerprint density at radius 2 is 1.92 bits per heavy atom. The number of aliphatic carboxylic acids is 2. The molecule has 0 saturated carbocycles. The van der Waals surface area contributed by atoms with Gasteiger partial charge in [-0.25, -0.2) is 4.79 Å². The summed E-state index contributed by atoms with van der Waals surface area (Å²) in [6.07, 6.45) is -4.86. The Hall–Kier alpha value is -2.58. The summed E-state index contributed by atoms with van der Waals surface area (Å²) in [7, 11) is 0. The lowest BCUT2D eigenvalue weighted by Gasteiger charge is -2.38. The van der Waals surface area contributed by atoms with Crippen LogP contribution in [0.4, 0.5) is 0 Å². The number of nitrogens with two attached hydrogens (primary N) is 1. The number of aromatic amines is 1. The predicted octanol–water partition coefficient (Wildman–Crippen LogP) is -4.31. The molecule has 0 bridgehead atoms. The molecule has 0 radical (unpaired) electrons. The van der Waals surface area contributed by atoms with Gasteiger partial charge in [-0.2, -0.15) is 0 Å². The Kier molecular flexibility index (Phi) is 5.03.